The summed E-state index contributed by atoms with van der Waals surface area (Å²) in [6, 6.07) is 6.73. The number of methoxy groups -OCH3 is 1. The van der Waals surface area contributed by atoms with Gasteiger partial charge in [0, 0.05) is 6.61 Å². The first-order chi connectivity index (χ1) is 8.19. The van der Waals surface area contributed by atoms with Crippen LogP contribution in [-0.4, -0.2) is 36.5 Å². The standard InChI is InChI=1S/C12H16O5/c1-16-10-5-2-4-9(8-10)11(12(14)15)17-7-3-6-13/h2,4-5,8,11,13H,3,6-7H2,1H3,(H,14,15). The Morgan fingerprint density at radius 1 is 1.47 bits per heavy atom. The molecule has 0 heterocycles. The minimum atomic E-state index is -1.06. The van der Waals surface area contributed by atoms with Crippen LogP contribution in [0.25, 0.3) is 0 Å². The molecular weight excluding hydrogens is 224 g/mol. The second-order valence-corrected chi connectivity index (χ2v) is 3.44. The molecule has 0 saturated carbocycles. The lowest BCUT2D eigenvalue weighted by atomic mass is 10.1. The Bertz CT molecular complexity index is 364. The van der Waals surface area contributed by atoms with Crippen LogP contribution in [0.3, 0.4) is 0 Å². The molecule has 1 atom stereocenters. The van der Waals surface area contributed by atoms with Crippen molar-refractivity contribution in [3.8, 4) is 5.75 Å². The van der Waals surface area contributed by atoms with Crippen LogP contribution in [0.4, 0.5) is 0 Å². The molecule has 0 fully saturated rings. The molecule has 0 spiro atoms. The summed E-state index contributed by atoms with van der Waals surface area (Å²) in [5, 5.41) is 17.7. The largest absolute Gasteiger partial charge is 0.497 e. The van der Waals surface area contributed by atoms with Crippen LogP contribution in [0, 0.1) is 0 Å². The molecule has 94 valence electrons. The number of aliphatic hydroxyl groups excluding tert-OH is 1. The van der Waals surface area contributed by atoms with E-state index in [0.29, 0.717) is 17.7 Å². The van der Waals surface area contributed by atoms with E-state index in [1.807, 2.05) is 0 Å². The molecular formula is C12H16O5. The van der Waals surface area contributed by atoms with E-state index in [1.165, 1.54) is 7.11 Å². The molecule has 0 radical (unpaired) electrons. The molecule has 0 amide bonds. The molecule has 0 aliphatic carbocycles. The first-order valence-electron chi connectivity index (χ1n) is 5.28. The van der Waals surface area contributed by atoms with Crippen LogP contribution in [-0.2, 0) is 9.53 Å². The Hall–Kier alpha value is -1.59. The molecule has 2 N–H and O–H groups in total. The van der Waals surface area contributed by atoms with Crippen molar-refractivity contribution in [1.82, 2.24) is 0 Å². The van der Waals surface area contributed by atoms with Crippen LogP contribution in [0.5, 0.6) is 5.75 Å². The molecule has 0 bridgehead atoms. The first kappa shape index (κ1) is 13.5. The summed E-state index contributed by atoms with van der Waals surface area (Å²) < 4.78 is 10.2. The lowest BCUT2D eigenvalue weighted by Crippen LogP contribution is -2.16. The molecule has 5 nitrogen and oxygen atoms in total. The zero-order chi connectivity index (χ0) is 12.7. The highest BCUT2D eigenvalue weighted by molar-refractivity contribution is 5.74. The maximum atomic E-state index is 11.1. The van der Waals surface area contributed by atoms with Crippen LogP contribution < -0.4 is 4.74 Å². The minimum Gasteiger partial charge on any atom is -0.497 e. The number of aliphatic carboxylic acids is 1. The third-order valence-electron chi connectivity index (χ3n) is 2.21. The van der Waals surface area contributed by atoms with Gasteiger partial charge in [-0.15, -0.1) is 0 Å². The highest BCUT2D eigenvalue weighted by Gasteiger charge is 2.20. The number of hydrogen-bond acceptors (Lipinski definition) is 4. The maximum Gasteiger partial charge on any atom is 0.337 e. The molecule has 1 unspecified atom stereocenters. The Kier molecular flexibility index (Phi) is 5.45. The van der Waals surface area contributed by atoms with E-state index in [2.05, 4.69) is 0 Å². The zero-order valence-corrected chi connectivity index (χ0v) is 9.63. The van der Waals surface area contributed by atoms with E-state index in [4.69, 9.17) is 19.7 Å². The molecule has 1 aromatic carbocycles. The monoisotopic (exact) mass is 240 g/mol. The fourth-order valence-electron chi connectivity index (χ4n) is 1.38. The smallest absolute Gasteiger partial charge is 0.337 e. The lowest BCUT2D eigenvalue weighted by Gasteiger charge is -2.14. The number of aliphatic hydroxyl groups is 1. The summed E-state index contributed by atoms with van der Waals surface area (Å²) in [5.41, 5.74) is 0.523. The molecule has 0 aliphatic heterocycles. The summed E-state index contributed by atoms with van der Waals surface area (Å²) in [6.07, 6.45) is -0.620. The normalized spacial score (nSPS) is 12.1. The SMILES string of the molecule is COc1cccc(C(OCCCO)C(=O)O)c1. The van der Waals surface area contributed by atoms with Gasteiger partial charge in [0.05, 0.1) is 13.7 Å². The number of rotatable bonds is 7. The second-order valence-electron chi connectivity index (χ2n) is 3.44. The number of carboxylic acid groups (broad SMARTS) is 1. The average Bonchev–Trinajstić information content (AvgIpc) is 2.34. The van der Waals surface area contributed by atoms with E-state index in [1.54, 1.807) is 24.3 Å². The van der Waals surface area contributed by atoms with E-state index >= 15 is 0 Å². The summed E-state index contributed by atoms with van der Waals surface area (Å²) in [4.78, 5) is 11.1. The first-order valence-corrected chi connectivity index (χ1v) is 5.28. The van der Waals surface area contributed by atoms with Crippen molar-refractivity contribution in [1.29, 1.82) is 0 Å². The van der Waals surface area contributed by atoms with Gasteiger partial charge in [0.1, 0.15) is 5.75 Å². The summed E-state index contributed by atoms with van der Waals surface area (Å²) >= 11 is 0. The van der Waals surface area contributed by atoms with Gasteiger partial charge in [0.2, 0.25) is 0 Å². The fourth-order valence-corrected chi connectivity index (χ4v) is 1.38. The Labute approximate surface area is 99.6 Å². The van der Waals surface area contributed by atoms with Gasteiger partial charge < -0.3 is 19.7 Å². The van der Waals surface area contributed by atoms with Crippen molar-refractivity contribution in [2.75, 3.05) is 20.3 Å². The summed E-state index contributed by atoms with van der Waals surface area (Å²) in [7, 11) is 1.52. The van der Waals surface area contributed by atoms with Gasteiger partial charge in [-0.1, -0.05) is 12.1 Å². The molecule has 0 aromatic heterocycles. The predicted octanol–water partition coefficient (Wildman–Crippen LogP) is 1.22. The van der Waals surface area contributed by atoms with Crippen LogP contribution in [0.2, 0.25) is 0 Å². The predicted molar refractivity (Wildman–Crippen MR) is 61.0 cm³/mol. The van der Waals surface area contributed by atoms with Gasteiger partial charge in [0.15, 0.2) is 6.10 Å². The van der Waals surface area contributed by atoms with Gasteiger partial charge >= 0.3 is 5.97 Å². The van der Waals surface area contributed by atoms with Crippen LogP contribution in [0.15, 0.2) is 24.3 Å². The molecule has 1 aromatic rings. The van der Waals surface area contributed by atoms with E-state index < -0.39 is 12.1 Å². The lowest BCUT2D eigenvalue weighted by molar-refractivity contribution is -0.151. The zero-order valence-electron chi connectivity index (χ0n) is 9.63. The Morgan fingerprint density at radius 2 is 2.24 bits per heavy atom. The molecule has 1 rings (SSSR count). The van der Waals surface area contributed by atoms with Crippen molar-refractivity contribution >= 4 is 5.97 Å². The van der Waals surface area contributed by atoms with Gasteiger partial charge in [-0.3, -0.25) is 0 Å². The van der Waals surface area contributed by atoms with Crippen molar-refractivity contribution in [3.63, 3.8) is 0 Å². The minimum absolute atomic E-state index is 0.0234. The summed E-state index contributed by atoms with van der Waals surface area (Å²) in [5.74, 6) is -0.476. The second kappa shape index (κ2) is 6.88. The average molecular weight is 240 g/mol. The third kappa shape index (κ3) is 4.05. The Morgan fingerprint density at radius 3 is 2.82 bits per heavy atom. The molecule has 0 saturated heterocycles. The number of carbonyl (C=O) groups is 1. The van der Waals surface area contributed by atoms with Crippen molar-refractivity contribution in [2.24, 2.45) is 0 Å². The van der Waals surface area contributed by atoms with Crippen LogP contribution >= 0.6 is 0 Å². The van der Waals surface area contributed by atoms with E-state index in [0.717, 1.165) is 0 Å². The number of hydrogen-bond donors (Lipinski definition) is 2. The maximum absolute atomic E-state index is 11.1. The van der Waals surface area contributed by atoms with Gasteiger partial charge in [0.25, 0.3) is 0 Å². The fraction of sp³-hybridized carbons (Fsp3) is 0.417. The van der Waals surface area contributed by atoms with E-state index in [-0.39, 0.29) is 13.2 Å². The third-order valence-corrected chi connectivity index (χ3v) is 2.21. The number of ether oxygens (including phenoxy) is 2. The van der Waals surface area contributed by atoms with Crippen molar-refractivity contribution in [2.45, 2.75) is 12.5 Å². The van der Waals surface area contributed by atoms with Gasteiger partial charge in [-0.25, -0.2) is 4.79 Å². The van der Waals surface area contributed by atoms with Crippen molar-refractivity contribution < 1.29 is 24.5 Å². The topological polar surface area (TPSA) is 76.0 Å². The highest BCUT2D eigenvalue weighted by atomic mass is 16.5. The highest BCUT2D eigenvalue weighted by Crippen LogP contribution is 2.22. The number of carboxylic acids is 1. The molecule has 5 heteroatoms. The van der Waals surface area contributed by atoms with Crippen molar-refractivity contribution in [3.05, 3.63) is 29.8 Å². The summed E-state index contributed by atoms with van der Waals surface area (Å²) in [6.45, 7) is 0.176. The molecule has 0 aliphatic rings. The van der Waals surface area contributed by atoms with Crippen LogP contribution in [0.1, 0.15) is 18.1 Å². The van der Waals surface area contributed by atoms with E-state index in [9.17, 15) is 4.79 Å². The molecule has 17 heavy (non-hydrogen) atoms. The Balaban J connectivity index is 2.78. The van der Waals surface area contributed by atoms with Gasteiger partial charge in [-0.2, -0.15) is 0 Å². The quantitative estimate of drug-likeness (QED) is 0.701. The van der Waals surface area contributed by atoms with Gasteiger partial charge in [-0.05, 0) is 24.1 Å². The number of benzene rings is 1.